The lowest BCUT2D eigenvalue weighted by Crippen LogP contribution is -2.48. The predicted octanol–water partition coefficient (Wildman–Crippen LogP) is 3.57. The number of amides is 2. The summed E-state index contributed by atoms with van der Waals surface area (Å²) in [5.74, 6) is 1.15. The molecule has 2 amide bonds. The summed E-state index contributed by atoms with van der Waals surface area (Å²) >= 11 is 0. The first-order valence-corrected chi connectivity index (χ1v) is 12.8. The first-order valence-electron chi connectivity index (χ1n) is 12.8. The van der Waals surface area contributed by atoms with Gasteiger partial charge in [0, 0.05) is 43.8 Å². The highest BCUT2D eigenvalue weighted by atomic mass is 16.5. The first-order chi connectivity index (χ1) is 16.1. The van der Waals surface area contributed by atoms with E-state index in [9.17, 15) is 9.59 Å². The second-order valence-corrected chi connectivity index (χ2v) is 9.43. The van der Waals surface area contributed by atoms with Crippen LogP contribution in [0, 0.1) is 0 Å². The number of ether oxygens (including phenoxy) is 2. The molecule has 33 heavy (non-hydrogen) atoms. The van der Waals surface area contributed by atoms with Gasteiger partial charge in [0.1, 0.15) is 0 Å². The molecule has 0 bridgehead atoms. The van der Waals surface area contributed by atoms with Crippen molar-refractivity contribution >= 4 is 11.8 Å². The molecule has 182 valence electrons. The SMILES string of the molecule is CCOc1cc(C(=O)N(C2CC2)C2CCN(CC)CC2)ccc1OCC(=O)N1CCCCC1. The summed E-state index contributed by atoms with van der Waals surface area (Å²) in [5.41, 5.74) is 0.637. The Morgan fingerprint density at radius 2 is 1.61 bits per heavy atom. The van der Waals surface area contributed by atoms with Crippen molar-refractivity contribution in [3.8, 4) is 11.5 Å². The van der Waals surface area contributed by atoms with Crippen LogP contribution in [-0.2, 0) is 4.79 Å². The maximum atomic E-state index is 13.6. The fourth-order valence-corrected chi connectivity index (χ4v) is 5.05. The van der Waals surface area contributed by atoms with E-state index < -0.39 is 0 Å². The van der Waals surface area contributed by atoms with Gasteiger partial charge in [-0.2, -0.15) is 0 Å². The van der Waals surface area contributed by atoms with E-state index in [2.05, 4.69) is 16.7 Å². The first kappa shape index (κ1) is 23.9. The maximum absolute atomic E-state index is 13.6. The molecule has 1 aromatic carbocycles. The number of hydrogen-bond donors (Lipinski definition) is 0. The Balaban J connectivity index is 1.44. The van der Waals surface area contributed by atoms with Crippen molar-refractivity contribution < 1.29 is 19.1 Å². The Kier molecular flexibility index (Phi) is 8.12. The van der Waals surface area contributed by atoms with Gasteiger partial charge < -0.3 is 24.2 Å². The molecule has 4 rings (SSSR count). The molecule has 2 aliphatic heterocycles. The van der Waals surface area contributed by atoms with E-state index >= 15 is 0 Å². The minimum Gasteiger partial charge on any atom is -0.490 e. The zero-order valence-corrected chi connectivity index (χ0v) is 20.3. The number of rotatable bonds is 9. The Hall–Kier alpha value is -2.28. The van der Waals surface area contributed by atoms with Crippen LogP contribution in [0.1, 0.15) is 69.2 Å². The third-order valence-corrected chi connectivity index (χ3v) is 7.12. The van der Waals surface area contributed by atoms with E-state index in [0.717, 1.165) is 71.2 Å². The third kappa shape index (κ3) is 5.99. The van der Waals surface area contributed by atoms with Gasteiger partial charge in [0.2, 0.25) is 0 Å². The van der Waals surface area contributed by atoms with Gasteiger partial charge in [0.25, 0.3) is 11.8 Å². The molecule has 2 saturated heterocycles. The zero-order valence-electron chi connectivity index (χ0n) is 20.3. The van der Waals surface area contributed by atoms with Crippen LogP contribution in [0.4, 0.5) is 0 Å². The summed E-state index contributed by atoms with van der Waals surface area (Å²) in [5, 5.41) is 0. The fourth-order valence-electron chi connectivity index (χ4n) is 5.05. The number of nitrogens with zero attached hydrogens (tertiary/aromatic N) is 3. The summed E-state index contributed by atoms with van der Waals surface area (Å²) in [6, 6.07) is 6.07. The van der Waals surface area contributed by atoms with Crippen molar-refractivity contribution in [1.82, 2.24) is 14.7 Å². The maximum Gasteiger partial charge on any atom is 0.260 e. The van der Waals surface area contributed by atoms with Gasteiger partial charge >= 0.3 is 0 Å². The lowest BCUT2D eigenvalue weighted by molar-refractivity contribution is -0.134. The highest BCUT2D eigenvalue weighted by Crippen LogP contribution is 2.35. The molecule has 1 aliphatic carbocycles. The van der Waals surface area contributed by atoms with Gasteiger partial charge in [0.15, 0.2) is 18.1 Å². The van der Waals surface area contributed by atoms with E-state index in [1.165, 1.54) is 6.42 Å². The van der Waals surface area contributed by atoms with Gasteiger partial charge in [-0.3, -0.25) is 9.59 Å². The zero-order chi connectivity index (χ0) is 23.2. The number of benzene rings is 1. The second-order valence-electron chi connectivity index (χ2n) is 9.43. The average molecular weight is 458 g/mol. The summed E-state index contributed by atoms with van der Waals surface area (Å²) in [4.78, 5) is 32.5. The van der Waals surface area contributed by atoms with E-state index in [4.69, 9.17) is 9.47 Å². The Morgan fingerprint density at radius 3 is 2.24 bits per heavy atom. The van der Waals surface area contributed by atoms with Crippen molar-refractivity contribution in [2.75, 3.05) is 45.9 Å². The summed E-state index contributed by atoms with van der Waals surface area (Å²) in [6.07, 6.45) is 7.56. The third-order valence-electron chi connectivity index (χ3n) is 7.12. The highest BCUT2D eigenvalue weighted by Gasteiger charge is 2.39. The molecule has 0 spiro atoms. The van der Waals surface area contributed by atoms with Gasteiger partial charge in [0.05, 0.1) is 6.61 Å². The van der Waals surface area contributed by atoms with E-state index in [-0.39, 0.29) is 18.4 Å². The summed E-state index contributed by atoms with van der Waals surface area (Å²) < 4.78 is 11.7. The monoisotopic (exact) mass is 457 g/mol. The smallest absolute Gasteiger partial charge is 0.260 e. The van der Waals surface area contributed by atoms with Crippen LogP contribution in [-0.4, -0.2) is 84.5 Å². The average Bonchev–Trinajstić information content (AvgIpc) is 3.69. The molecule has 7 heteroatoms. The van der Waals surface area contributed by atoms with Gasteiger partial charge in [-0.25, -0.2) is 0 Å². The van der Waals surface area contributed by atoms with Crippen LogP contribution in [0.25, 0.3) is 0 Å². The van der Waals surface area contributed by atoms with Crippen LogP contribution in [0.2, 0.25) is 0 Å². The Labute approximate surface area is 198 Å². The quantitative estimate of drug-likeness (QED) is 0.567. The van der Waals surface area contributed by atoms with Crippen molar-refractivity contribution in [2.45, 2.75) is 70.9 Å². The molecule has 0 atom stereocenters. The molecular weight excluding hydrogens is 418 g/mol. The van der Waals surface area contributed by atoms with Crippen LogP contribution in [0.15, 0.2) is 18.2 Å². The van der Waals surface area contributed by atoms with Gasteiger partial charge in [-0.15, -0.1) is 0 Å². The van der Waals surface area contributed by atoms with Crippen LogP contribution < -0.4 is 9.47 Å². The normalized spacial score (nSPS) is 19.9. The molecule has 2 heterocycles. The second kappa shape index (κ2) is 11.2. The predicted molar refractivity (Wildman–Crippen MR) is 128 cm³/mol. The van der Waals surface area contributed by atoms with Crippen LogP contribution >= 0.6 is 0 Å². The Bertz CT molecular complexity index is 812. The minimum atomic E-state index is -0.00241. The molecule has 0 aromatic heterocycles. The standard InChI is InChI=1S/C26H39N3O4/c1-3-27-16-12-22(13-17-27)29(21-9-10-21)26(31)20-8-11-23(24(18-20)32-4-2)33-19-25(30)28-14-6-5-7-15-28/h8,11,18,21-22H,3-7,9-10,12-17,19H2,1-2H3. The number of piperidine rings is 2. The molecule has 3 fully saturated rings. The molecule has 1 saturated carbocycles. The van der Waals surface area contributed by atoms with Crippen molar-refractivity contribution in [1.29, 1.82) is 0 Å². The van der Waals surface area contributed by atoms with Gasteiger partial charge in [-0.1, -0.05) is 6.92 Å². The summed E-state index contributed by atoms with van der Waals surface area (Å²) in [6.45, 7) is 9.37. The van der Waals surface area contributed by atoms with Crippen LogP contribution in [0.3, 0.4) is 0 Å². The van der Waals surface area contributed by atoms with Crippen molar-refractivity contribution in [3.05, 3.63) is 23.8 Å². The molecule has 0 N–H and O–H groups in total. The number of carbonyl (C=O) groups excluding carboxylic acids is 2. The number of carbonyl (C=O) groups is 2. The summed E-state index contributed by atoms with van der Waals surface area (Å²) in [7, 11) is 0. The largest absolute Gasteiger partial charge is 0.490 e. The van der Waals surface area contributed by atoms with E-state index in [1.54, 1.807) is 12.1 Å². The molecule has 0 radical (unpaired) electrons. The molecule has 7 nitrogen and oxygen atoms in total. The number of likely N-dealkylation sites (tertiary alicyclic amines) is 2. The van der Waals surface area contributed by atoms with Crippen LogP contribution in [0.5, 0.6) is 11.5 Å². The number of hydrogen-bond acceptors (Lipinski definition) is 5. The molecule has 0 unspecified atom stereocenters. The van der Waals surface area contributed by atoms with Gasteiger partial charge in [-0.05, 0) is 76.6 Å². The molecule has 1 aromatic rings. The van der Waals surface area contributed by atoms with E-state index in [0.29, 0.717) is 35.8 Å². The Morgan fingerprint density at radius 1 is 0.909 bits per heavy atom. The highest BCUT2D eigenvalue weighted by molar-refractivity contribution is 5.95. The van der Waals surface area contributed by atoms with Crippen molar-refractivity contribution in [2.24, 2.45) is 0 Å². The molecule has 3 aliphatic rings. The minimum absolute atomic E-state index is 0.00241. The lowest BCUT2D eigenvalue weighted by atomic mass is 10.0. The lowest BCUT2D eigenvalue weighted by Gasteiger charge is -2.38. The molecular formula is C26H39N3O4. The topological polar surface area (TPSA) is 62.3 Å². The van der Waals surface area contributed by atoms with Crippen molar-refractivity contribution in [3.63, 3.8) is 0 Å². The fraction of sp³-hybridized carbons (Fsp3) is 0.692. The van der Waals surface area contributed by atoms with E-state index in [1.807, 2.05) is 17.9 Å².